The summed E-state index contributed by atoms with van der Waals surface area (Å²) in [6.45, 7) is -1.42. The smallest absolute Gasteiger partial charge is 0.361 e. The molecule has 0 aliphatic heterocycles. The van der Waals surface area contributed by atoms with Gasteiger partial charge in [-0.15, -0.1) is 0 Å². The first kappa shape index (κ1) is 25.4. The van der Waals surface area contributed by atoms with E-state index in [-0.39, 0.29) is 38.3 Å². The lowest BCUT2D eigenvalue weighted by atomic mass is 10.1. The molecule has 0 radical (unpaired) electrons. The Morgan fingerprint density at radius 1 is 1.03 bits per heavy atom. The van der Waals surface area contributed by atoms with Gasteiger partial charge in [-0.05, 0) is 36.4 Å². The first-order chi connectivity index (χ1) is 16.9. The predicted octanol–water partition coefficient (Wildman–Crippen LogP) is 6.20. The lowest BCUT2D eigenvalue weighted by Crippen LogP contribution is -2.25. The summed E-state index contributed by atoms with van der Waals surface area (Å²) in [7, 11) is 0. The van der Waals surface area contributed by atoms with Gasteiger partial charge in [0.15, 0.2) is 5.65 Å². The van der Waals surface area contributed by atoms with E-state index in [1.54, 1.807) is 0 Å². The van der Waals surface area contributed by atoms with E-state index in [1.165, 1.54) is 18.2 Å². The molecule has 0 fully saturated rings. The number of carbonyl (C=O) groups is 1. The molecule has 36 heavy (non-hydrogen) atoms. The zero-order chi connectivity index (χ0) is 26.2. The third-order valence-corrected chi connectivity index (χ3v) is 5.57. The van der Waals surface area contributed by atoms with Crippen LogP contribution in [0.5, 0.6) is 0 Å². The summed E-state index contributed by atoms with van der Waals surface area (Å²) in [4.78, 5) is 30.2. The molecule has 1 amide bonds. The average molecular weight is 543 g/mol. The molecule has 0 aliphatic rings. The topological polar surface area (TPSA) is 76.0 Å². The minimum atomic E-state index is -4.55. The molecule has 2 aromatic carbocycles. The second-order valence-corrected chi connectivity index (χ2v) is 8.24. The first-order valence-corrected chi connectivity index (χ1v) is 10.8. The number of pyridine rings is 2. The van der Waals surface area contributed by atoms with Gasteiger partial charge in [0.1, 0.15) is 29.6 Å². The SMILES string of the molecule is O=C(Nc1c(Cl)cccc1Cl)c1cn(-c2ccc(F)cc2F)c2nc(NCC(F)(F)F)ccc2c1=O. The third-order valence-electron chi connectivity index (χ3n) is 4.94. The van der Waals surface area contributed by atoms with Gasteiger partial charge in [0.25, 0.3) is 5.91 Å². The van der Waals surface area contributed by atoms with E-state index >= 15 is 0 Å². The van der Waals surface area contributed by atoms with Crippen molar-refractivity contribution in [1.29, 1.82) is 0 Å². The number of para-hydroxylation sites is 1. The molecule has 2 heterocycles. The molecule has 0 unspecified atom stereocenters. The number of carbonyl (C=O) groups excluding carboxylic acids is 1. The molecule has 4 aromatic rings. The van der Waals surface area contributed by atoms with Crippen molar-refractivity contribution in [2.45, 2.75) is 6.18 Å². The maximum atomic E-state index is 14.7. The number of amides is 1. The van der Waals surface area contributed by atoms with E-state index in [1.807, 2.05) is 0 Å². The molecule has 0 saturated heterocycles. The standard InChI is InChI=1S/C23H13Cl2F5N4O2/c24-14-2-1-3-15(25)19(14)33-22(36)13-9-34(17-6-4-11(26)8-16(17)27)21-12(20(13)35)5-7-18(32-21)31-10-23(28,29)30/h1-9H,10H2,(H,31,32)(H,33,36). The van der Waals surface area contributed by atoms with Gasteiger partial charge in [-0.3, -0.25) is 14.2 Å². The van der Waals surface area contributed by atoms with E-state index in [4.69, 9.17) is 23.2 Å². The Balaban J connectivity index is 1.90. The number of nitrogens with zero attached hydrogens (tertiary/aromatic N) is 2. The predicted molar refractivity (Wildman–Crippen MR) is 126 cm³/mol. The van der Waals surface area contributed by atoms with Crippen LogP contribution in [-0.4, -0.2) is 28.2 Å². The molecular weight excluding hydrogens is 530 g/mol. The van der Waals surface area contributed by atoms with Crippen LogP contribution in [-0.2, 0) is 0 Å². The number of hydrogen-bond donors (Lipinski definition) is 2. The Kier molecular flexibility index (Phi) is 6.87. The van der Waals surface area contributed by atoms with Gasteiger partial charge < -0.3 is 10.6 Å². The quantitative estimate of drug-likeness (QED) is 0.294. The van der Waals surface area contributed by atoms with Gasteiger partial charge in [0.05, 0.1) is 26.8 Å². The average Bonchev–Trinajstić information content (AvgIpc) is 2.80. The van der Waals surface area contributed by atoms with E-state index in [0.29, 0.717) is 6.07 Å². The highest BCUT2D eigenvalue weighted by Crippen LogP contribution is 2.30. The fourth-order valence-corrected chi connectivity index (χ4v) is 3.80. The molecule has 2 N–H and O–H groups in total. The van der Waals surface area contributed by atoms with Crippen LogP contribution in [0.4, 0.5) is 33.5 Å². The van der Waals surface area contributed by atoms with Crippen molar-refractivity contribution in [1.82, 2.24) is 9.55 Å². The first-order valence-electron chi connectivity index (χ1n) is 10.0. The lowest BCUT2D eigenvalue weighted by molar-refractivity contribution is -0.115. The van der Waals surface area contributed by atoms with Gasteiger partial charge in [-0.2, -0.15) is 13.2 Å². The highest BCUT2D eigenvalue weighted by Gasteiger charge is 2.27. The van der Waals surface area contributed by atoms with Crippen molar-refractivity contribution < 1.29 is 26.7 Å². The second kappa shape index (κ2) is 9.75. The largest absolute Gasteiger partial charge is 0.405 e. The molecule has 0 saturated carbocycles. The van der Waals surface area contributed by atoms with E-state index < -0.39 is 41.3 Å². The summed E-state index contributed by atoms with van der Waals surface area (Å²) in [6.07, 6.45) is -3.61. The van der Waals surface area contributed by atoms with Gasteiger partial charge in [0, 0.05) is 12.3 Å². The highest BCUT2D eigenvalue weighted by atomic mass is 35.5. The van der Waals surface area contributed by atoms with Crippen LogP contribution in [0, 0.1) is 11.6 Å². The number of hydrogen-bond acceptors (Lipinski definition) is 4. The van der Waals surface area contributed by atoms with Crippen LogP contribution < -0.4 is 16.1 Å². The maximum absolute atomic E-state index is 14.7. The third kappa shape index (κ3) is 5.26. The number of aromatic nitrogens is 2. The molecular formula is C23H13Cl2F5N4O2. The number of rotatable bonds is 5. The minimum absolute atomic E-state index is 0.0228. The van der Waals surface area contributed by atoms with Crippen LogP contribution in [0.3, 0.4) is 0 Å². The molecule has 13 heteroatoms. The summed E-state index contributed by atoms with van der Waals surface area (Å²) >= 11 is 12.1. The van der Waals surface area contributed by atoms with Gasteiger partial charge >= 0.3 is 6.18 Å². The molecule has 0 bridgehead atoms. The summed E-state index contributed by atoms with van der Waals surface area (Å²) in [5.41, 5.74) is -1.90. The van der Waals surface area contributed by atoms with E-state index in [2.05, 4.69) is 15.6 Å². The Hall–Kier alpha value is -3.70. The van der Waals surface area contributed by atoms with Gasteiger partial charge in [0.2, 0.25) is 5.43 Å². The highest BCUT2D eigenvalue weighted by molar-refractivity contribution is 6.40. The van der Waals surface area contributed by atoms with Crippen molar-refractivity contribution in [2.24, 2.45) is 0 Å². The molecule has 0 atom stereocenters. The maximum Gasteiger partial charge on any atom is 0.405 e. The second-order valence-electron chi connectivity index (χ2n) is 7.42. The van der Waals surface area contributed by atoms with Crippen molar-refractivity contribution in [3.63, 3.8) is 0 Å². The molecule has 186 valence electrons. The number of anilines is 2. The summed E-state index contributed by atoms with van der Waals surface area (Å²) < 4.78 is 67.1. The Morgan fingerprint density at radius 2 is 1.72 bits per heavy atom. The number of benzene rings is 2. The zero-order valence-electron chi connectivity index (χ0n) is 17.8. The summed E-state index contributed by atoms with van der Waals surface area (Å²) in [6, 6.07) is 9.21. The van der Waals surface area contributed by atoms with Gasteiger partial charge in [-0.1, -0.05) is 29.3 Å². The Labute approximate surface area is 209 Å². The van der Waals surface area contributed by atoms with Crippen LogP contribution in [0.15, 0.2) is 59.5 Å². The van der Waals surface area contributed by atoms with E-state index in [9.17, 15) is 31.5 Å². The molecule has 2 aromatic heterocycles. The van der Waals surface area contributed by atoms with Crippen LogP contribution in [0.25, 0.3) is 16.7 Å². The van der Waals surface area contributed by atoms with E-state index in [0.717, 1.165) is 35.0 Å². The monoisotopic (exact) mass is 542 g/mol. The molecule has 0 spiro atoms. The summed E-state index contributed by atoms with van der Waals surface area (Å²) in [5, 5.41) is 4.45. The van der Waals surface area contributed by atoms with Crippen LogP contribution in [0.2, 0.25) is 10.0 Å². The number of alkyl halides is 3. The van der Waals surface area contributed by atoms with Crippen LogP contribution in [0.1, 0.15) is 10.4 Å². The molecule has 0 aliphatic carbocycles. The Morgan fingerprint density at radius 3 is 2.36 bits per heavy atom. The van der Waals surface area contributed by atoms with Crippen molar-refractivity contribution in [3.8, 4) is 5.69 Å². The minimum Gasteiger partial charge on any atom is -0.361 e. The number of nitrogens with one attached hydrogen (secondary N) is 2. The molecule has 4 rings (SSSR count). The number of halogens is 7. The lowest BCUT2D eigenvalue weighted by Gasteiger charge is -2.16. The fraction of sp³-hybridized carbons (Fsp3) is 0.0870. The summed E-state index contributed by atoms with van der Waals surface area (Å²) in [5.74, 6) is -3.19. The van der Waals surface area contributed by atoms with Crippen molar-refractivity contribution in [2.75, 3.05) is 17.2 Å². The zero-order valence-corrected chi connectivity index (χ0v) is 19.3. The molecule has 6 nitrogen and oxygen atoms in total. The Bertz CT molecular complexity index is 1540. The van der Waals surface area contributed by atoms with Crippen molar-refractivity contribution >= 4 is 51.6 Å². The normalized spacial score (nSPS) is 11.5. The van der Waals surface area contributed by atoms with Gasteiger partial charge in [-0.25, -0.2) is 13.8 Å². The van der Waals surface area contributed by atoms with Crippen molar-refractivity contribution in [3.05, 3.63) is 92.2 Å². The fourth-order valence-electron chi connectivity index (χ4n) is 3.31. The number of fused-ring (bicyclic) bond motifs is 1. The van der Waals surface area contributed by atoms with Crippen LogP contribution >= 0.6 is 23.2 Å².